The molecule has 2 rings (SSSR count). The average molecular weight is 411 g/mol. The molecular weight excluding hydrogens is 387 g/mol. The van der Waals surface area contributed by atoms with E-state index in [-0.39, 0.29) is 5.15 Å². The molecule has 7 heteroatoms. The quantitative estimate of drug-likeness (QED) is 0.416. The second kappa shape index (κ2) is 10.4. The first kappa shape index (κ1) is 21.3. The van der Waals surface area contributed by atoms with Crippen LogP contribution in [-0.2, 0) is 17.8 Å². The third-order valence-electron chi connectivity index (χ3n) is 4.11. The minimum Gasteiger partial charge on any atom is -0.494 e. The Morgan fingerprint density at radius 2 is 2.07 bits per heavy atom. The van der Waals surface area contributed by atoms with Crippen molar-refractivity contribution in [3.8, 4) is 5.75 Å². The summed E-state index contributed by atoms with van der Waals surface area (Å²) < 4.78 is 7.61. The molecular formula is C20H24Cl2N2O3. The highest BCUT2D eigenvalue weighted by Crippen LogP contribution is 2.27. The van der Waals surface area contributed by atoms with Crippen LogP contribution in [0.25, 0.3) is 6.08 Å². The van der Waals surface area contributed by atoms with Crippen LogP contribution < -0.4 is 4.74 Å². The van der Waals surface area contributed by atoms with Gasteiger partial charge < -0.3 is 14.4 Å². The van der Waals surface area contributed by atoms with Gasteiger partial charge in [0.05, 0.1) is 18.8 Å². The first-order valence-electron chi connectivity index (χ1n) is 9.03. The molecule has 0 unspecified atom stereocenters. The molecule has 1 aromatic carbocycles. The summed E-state index contributed by atoms with van der Waals surface area (Å²) in [4.78, 5) is 15.2. The summed E-state index contributed by atoms with van der Waals surface area (Å²) in [7, 11) is 0. The Hall–Kier alpha value is -1.98. The first-order valence-corrected chi connectivity index (χ1v) is 9.79. The zero-order valence-corrected chi connectivity index (χ0v) is 17.1. The number of carboxylic acid groups (broad SMARTS) is 1. The standard InChI is InChI=1S/C20H24Cl2N2O3/c1-3-5-6-11-27-15-8-7-14(16(21)12-15)13-24-17(9-10-19(25)26)20(22)23-18(24)4-2/h7-10,12H,3-6,11,13H2,1-2H3,(H,25,26). The number of halogens is 2. The molecule has 0 bridgehead atoms. The van der Waals surface area contributed by atoms with Crippen molar-refractivity contribution in [3.05, 3.63) is 51.5 Å². The predicted molar refractivity (Wildman–Crippen MR) is 109 cm³/mol. The van der Waals surface area contributed by atoms with Crippen LogP contribution >= 0.6 is 23.2 Å². The molecule has 1 N–H and O–H groups in total. The maximum atomic E-state index is 10.9. The third kappa shape index (κ3) is 6.01. The van der Waals surface area contributed by atoms with Crippen LogP contribution in [0.3, 0.4) is 0 Å². The summed E-state index contributed by atoms with van der Waals surface area (Å²) in [5, 5.41) is 9.76. The molecule has 0 saturated carbocycles. The van der Waals surface area contributed by atoms with Gasteiger partial charge in [0.1, 0.15) is 11.6 Å². The van der Waals surface area contributed by atoms with Gasteiger partial charge in [0.15, 0.2) is 5.15 Å². The summed E-state index contributed by atoms with van der Waals surface area (Å²) in [6, 6.07) is 5.61. The van der Waals surface area contributed by atoms with Crippen LogP contribution in [0.5, 0.6) is 5.75 Å². The van der Waals surface area contributed by atoms with E-state index in [2.05, 4.69) is 11.9 Å². The maximum Gasteiger partial charge on any atom is 0.328 e. The lowest BCUT2D eigenvalue weighted by Crippen LogP contribution is -2.07. The molecule has 2 aromatic rings. The fraction of sp³-hybridized carbons (Fsp3) is 0.400. The van der Waals surface area contributed by atoms with Gasteiger partial charge in [-0.05, 0) is 30.2 Å². The lowest BCUT2D eigenvalue weighted by Gasteiger charge is -2.13. The predicted octanol–water partition coefficient (Wildman–Crippen LogP) is 5.47. The van der Waals surface area contributed by atoms with E-state index in [9.17, 15) is 4.79 Å². The van der Waals surface area contributed by atoms with E-state index in [1.165, 1.54) is 6.08 Å². The molecule has 5 nitrogen and oxygen atoms in total. The van der Waals surface area contributed by atoms with Crippen molar-refractivity contribution < 1.29 is 14.6 Å². The molecule has 27 heavy (non-hydrogen) atoms. The Morgan fingerprint density at radius 3 is 2.70 bits per heavy atom. The van der Waals surface area contributed by atoms with Crippen molar-refractivity contribution in [2.24, 2.45) is 0 Å². The molecule has 1 heterocycles. The van der Waals surface area contributed by atoms with Crippen molar-refractivity contribution in [2.45, 2.75) is 46.1 Å². The number of carboxylic acids is 1. The summed E-state index contributed by atoms with van der Waals surface area (Å²) >= 11 is 12.6. The molecule has 0 saturated heterocycles. The van der Waals surface area contributed by atoms with Gasteiger partial charge in [0, 0.05) is 17.5 Å². The largest absolute Gasteiger partial charge is 0.494 e. The molecule has 0 amide bonds. The fourth-order valence-corrected chi connectivity index (χ4v) is 3.19. The summed E-state index contributed by atoms with van der Waals surface area (Å²) in [5.74, 6) is 0.464. The van der Waals surface area contributed by atoms with E-state index in [0.717, 1.165) is 42.5 Å². The van der Waals surface area contributed by atoms with Gasteiger partial charge in [-0.1, -0.05) is 56.0 Å². The first-order chi connectivity index (χ1) is 13.0. The monoisotopic (exact) mass is 410 g/mol. The van der Waals surface area contributed by atoms with E-state index in [1.54, 1.807) is 6.07 Å². The van der Waals surface area contributed by atoms with Gasteiger partial charge in [-0.3, -0.25) is 0 Å². The van der Waals surface area contributed by atoms with Crippen molar-refractivity contribution in [1.29, 1.82) is 0 Å². The Labute approximate surface area is 169 Å². The van der Waals surface area contributed by atoms with Gasteiger partial charge in [0.25, 0.3) is 0 Å². The van der Waals surface area contributed by atoms with E-state index >= 15 is 0 Å². The molecule has 0 aliphatic carbocycles. The number of aromatic nitrogens is 2. The Bertz CT molecular complexity index is 816. The number of hydrogen-bond acceptors (Lipinski definition) is 3. The topological polar surface area (TPSA) is 64.4 Å². The molecule has 0 atom stereocenters. The Balaban J connectivity index is 2.22. The van der Waals surface area contributed by atoms with E-state index in [0.29, 0.717) is 30.3 Å². The molecule has 146 valence electrons. The molecule has 0 aliphatic rings. The van der Waals surface area contributed by atoms with Crippen LogP contribution in [0.15, 0.2) is 24.3 Å². The number of aliphatic carboxylic acids is 1. The number of imidazole rings is 1. The van der Waals surface area contributed by atoms with Crippen molar-refractivity contribution in [2.75, 3.05) is 6.61 Å². The van der Waals surface area contributed by atoms with Gasteiger partial charge in [0.2, 0.25) is 0 Å². The van der Waals surface area contributed by atoms with E-state index in [4.69, 9.17) is 33.0 Å². The van der Waals surface area contributed by atoms with Crippen LogP contribution in [0.2, 0.25) is 10.2 Å². The fourth-order valence-electron chi connectivity index (χ4n) is 2.70. The van der Waals surface area contributed by atoms with Gasteiger partial charge >= 0.3 is 5.97 Å². The molecule has 0 aliphatic heterocycles. The SMILES string of the molecule is CCCCCOc1ccc(Cn2c(CC)nc(Cl)c2C=CC(=O)O)c(Cl)c1. The second-order valence-corrected chi connectivity index (χ2v) is 6.89. The lowest BCUT2D eigenvalue weighted by molar-refractivity contribution is -0.131. The van der Waals surface area contributed by atoms with Crippen LogP contribution in [-0.4, -0.2) is 27.2 Å². The van der Waals surface area contributed by atoms with E-state index in [1.807, 2.05) is 23.6 Å². The van der Waals surface area contributed by atoms with Crippen molar-refractivity contribution in [1.82, 2.24) is 9.55 Å². The normalized spacial score (nSPS) is 11.3. The number of aryl methyl sites for hydroxylation is 1. The molecule has 1 aromatic heterocycles. The van der Waals surface area contributed by atoms with Crippen LogP contribution in [0.1, 0.15) is 50.2 Å². The zero-order valence-electron chi connectivity index (χ0n) is 15.5. The zero-order chi connectivity index (χ0) is 19.8. The van der Waals surface area contributed by atoms with Gasteiger partial charge in [-0.25, -0.2) is 9.78 Å². The number of hydrogen-bond donors (Lipinski definition) is 1. The summed E-state index contributed by atoms with van der Waals surface area (Å²) in [5.41, 5.74) is 1.43. The summed E-state index contributed by atoms with van der Waals surface area (Å²) in [6.07, 6.45) is 6.47. The molecule has 0 radical (unpaired) electrons. The highest BCUT2D eigenvalue weighted by Gasteiger charge is 2.15. The number of carbonyl (C=O) groups is 1. The highest BCUT2D eigenvalue weighted by atomic mass is 35.5. The number of benzene rings is 1. The highest BCUT2D eigenvalue weighted by molar-refractivity contribution is 6.31. The van der Waals surface area contributed by atoms with E-state index < -0.39 is 5.97 Å². The lowest BCUT2D eigenvalue weighted by atomic mass is 10.2. The average Bonchev–Trinajstić information content (AvgIpc) is 2.93. The minimum absolute atomic E-state index is 0.274. The maximum absolute atomic E-state index is 10.9. The van der Waals surface area contributed by atoms with Crippen molar-refractivity contribution >= 4 is 35.2 Å². The Morgan fingerprint density at radius 1 is 1.30 bits per heavy atom. The molecule has 0 spiro atoms. The van der Waals surface area contributed by atoms with Crippen molar-refractivity contribution in [3.63, 3.8) is 0 Å². The smallest absolute Gasteiger partial charge is 0.328 e. The van der Waals surface area contributed by atoms with Gasteiger partial charge in [-0.15, -0.1) is 0 Å². The van der Waals surface area contributed by atoms with Crippen LogP contribution in [0, 0.1) is 0 Å². The number of nitrogens with zero attached hydrogens (tertiary/aromatic N) is 2. The summed E-state index contributed by atoms with van der Waals surface area (Å²) in [6.45, 7) is 5.23. The molecule has 0 fully saturated rings. The minimum atomic E-state index is -1.04. The van der Waals surface area contributed by atoms with Crippen LogP contribution in [0.4, 0.5) is 0 Å². The third-order valence-corrected chi connectivity index (χ3v) is 4.74. The number of ether oxygens (including phenoxy) is 1. The van der Waals surface area contributed by atoms with Gasteiger partial charge in [-0.2, -0.15) is 0 Å². The second-order valence-electron chi connectivity index (χ2n) is 6.12. The number of unbranched alkanes of at least 4 members (excludes halogenated alkanes) is 2. The Kier molecular flexibility index (Phi) is 8.20. The number of rotatable bonds is 10.